The highest BCUT2D eigenvalue weighted by Gasteiger charge is 2.09. The van der Waals surface area contributed by atoms with Crippen molar-refractivity contribution in [2.75, 3.05) is 11.1 Å². The quantitative estimate of drug-likeness (QED) is 0.384. The van der Waals surface area contributed by atoms with Crippen LogP contribution < -0.4 is 5.32 Å². The number of rotatable bonds is 6. The molecule has 0 aliphatic heterocycles. The monoisotopic (exact) mass is 424 g/mol. The van der Waals surface area contributed by atoms with E-state index < -0.39 is 0 Å². The minimum absolute atomic E-state index is 0.0292. The molecule has 4 aromatic rings. The number of carbonyl (C=O) groups is 1. The summed E-state index contributed by atoms with van der Waals surface area (Å²) >= 11 is 9.35. The first kappa shape index (κ1) is 19.0. The molecule has 1 N–H and O–H groups in total. The third-order valence-corrected chi connectivity index (χ3v) is 6.57. The fourth-order valence-corrected chi connectivity index (χ4v) is 4.87. The Hall–Kier alpha value is -2.34. The number of thiazole rings is 1. The van der Waals surface area contributed by atoms with Gasteiger partial charge in [-0.25, -0.2) is 4.98 Å². The smallest absolute Gasteiger partial charge is 0.234 e. The molecule has 3 aromatic carbocycles. The van der Waals surface area contributed by atoms with E-state index in [1.165, 1.54) is 0 Å². The van der Waals surface area contributed by atoms with E-state index in [0.717, 1.165) is 37.1 Å². The second kappa shape index (κ2) is 8.78. The zero-order valence-corrected chi connectivity index (χ0v) is 17.3. The molecule has 0 spiro atoms. The molecule has 0 saturated heterocycles. The van der Waals surface area contributed by atoms with Crippen LogP contribution in [0.3, 0.4) is 0 Å². The first-order valence-electron chi connectivity index (χ1n) is 8.76. The summed E-state index contributed by atoms with van der Waals surface area (Å²) in [5, 5.41) is 4.66. The minimum atomic E-state index is -0.0292. The zero-order chi connectivity index (χ0) is 19.3. The summed E-state index contributed by atoms with van der Waals surface area (Å²) in [5.41, 5.74) is 3.82. The maximum Gasteiger partial charge on any atom is 0.234 e. The molecule has 0 aliphatic rings. The van der Waals surface area contributed by atoms with E-state index in [0.29, 0.717) is 11.5 Å². The van der Waals surface area contributed by atoms with Gasteiger partial charge in [-0.05, 0) is 35.9 Å². The molecule has 6 heteroatoms. The zero-order valence-electron chi connectivity index (χ0n) is 14.9. The molecule has 0 fully saturated rings. The van der Waals surface area contributed by atoms with Gasteiger partial charge in [-0.2, -0.15) is 0 Å². The van der Waals surface area contributed by atoms with Crippen LogP contribution in [0.15, 0.2) is 72.8 Å². The average molecular weight is 425 g/mol. The first-order valence-corrected chi connectivity index (χ1v) is 11.1. The van der Waals surface area contributed by atoms with Gasteiger partial charge >= 0.3 is 0 Å². The van der Waals surface area contributed by atoms with Crippen LogP contribution >= 0.6 is 34.7 Å². The van der Waals surface area contributed by atoms with Crippen LogP contribution in [0.4, 0.5) is 5.69 Å². The lowest BCUT2D eigenvalue weighted by Gasteiger charge is -2.07. The van der Waals surface area contributed by atoms with Crippen molar-refractivity contribution in [3.8, 4) is 10.6 Å². The summed E-state index contributed by atoms with van der Waals surface area (Å²) in [4.78, 5) is 17.0. The second-order valence-corrected chi connectivity index (χ2v) is 8.62. The number of benzene rings is 3. The Labute approximate surface area is 176 Å². The molecule has 0 unspecified atom stereocenters. The number of anilines is 1. The van der Waals surface area contributed by atoms with Gasteiger partial charge < -0.3 is 5.32 Å². The number of para-hydroxylation sites is 1. The van der Waals surface area contributed by atoms with Crippen LogP contribution in [0.1, 0.15) is 5.56 Å². The summed E-state index contributed by atoms with van der Waals surface area (Å²) in [6, 6.07) is 23.6. The van der Waals surface area contributed by atoms with Crippen LogP contribution in [0.5, 0.6) is 0 Å². The number of carbonyl (C=O) groups excluding carboxylic acids is 1. The summed E-state index contributed by atoms with van der Waals surface area (Å²) in [6.07, 6.45) is 0. The molecule has 1 amide bonds. The molecule has 0 atom stereocenters. The number of amides is 1. The maximum atomic E-state index is 12.3. The predicted octanol–water partition coefficient (Wildman–Crippen LogP) is 6.49. The van der Waals surface area contributed by atoms with Gasteiger partial charge in [0.25, 0.3) is 0 Å². The number of hydrogen-bond donors (Lipinski definition) is 1. The van der Waals surface area contributed by atoms with Crippen LogP contribution in [0.2, 0.25) is 5.02 Å². The van der Waals surface area contributed by atoms with Gasteiger partial charge in [0.05, 0.1) is 16.0 Å². The third-order valence-electron chi connectivity index (χ3n) is 4.14. The molecular weight excluding hydrogens is 408 g/mol. The average Bonchev–Trinajstić information content (AvgIpc) is 3.14. The number of hydrogen-bond acceptors (Lipinski definition) is 4. The van der Waals surface area contributed by atoms with E-state index in [2.05, 4.69) is 16.4 Å². The molecule has 1 aromatic heterocycles. The van der Waals surface area contributed by atoms with Crippen molar-refractivity contribution in [1.82, 2.24) is 4.98 Å². The normalized spacial score (nSPS) is 10.9. The molecule has 0 radical (unpaired) electrons. The molecule has 4 rings (SSSR count). The Morgan fingerprint density at radius 1 is 1.04 bits per heavy atom. The van der Waals surface area contributed by atoms with Gasteiger partial charge in [0, 0.05) is 22.0 Å². The summed E-state index contributed by atoms with van der Waals surface area (Å²) < 4.78 is 1.16. The van der Waals surface area contributed by atoms with E-state index in [1.54, 1.807) is 23.1 Å². The number of thioether (sulfide) groups is 1. The molecule has 28 heavy (non-hydrogen) atoms. The first-order chi connectivity index (χ1) is 13.7. The fraction of sp³-hybridized carbons (Fsp3) is 0.0909. The van der Waals surface area contributed by atoms with Crippen molar-refractivity contribution in [3.63, 3.8) is 0 Å². The number of fused-ring (bicyclic) bond motifs is 1. The summed E-state index contributed by atoms with van der Waals surface area (Å²) in [5.74, 6) is 1.05. The maximum absolute atomic E-state index is 12.3. The van der Waals surface area contributed by atoms with E-state index in [4.69, 9.17) is 11.6 Å². The van der Waals surface area contributed by atoms with Crippen LogP contribution in [-0.4, -0.2) is 16.6 Å². The third kappa shape index (κ3) is 4.55. The van der Waals surface area contributed by atoms with Gasteiger partial charge in [0.15, 0.2) is 0 Å². The highest BCUT2D eigenvalue weighted by Crippen LogP contribution is 2.31. The van der Waals surface area contributed by atoms with Crippen molar-refractivity contribution >= 4 is 56.5 Å². The van der Waals surface area contributed by atoms with Crippen molar-refractivity contribution in [2.24, 2.45) is 0 Å². The van der Waals surface area contributed by atoms with Crippen LogP contribution in [0.25, 0.3) is 20.8 Å². The fourth-order valence-electron chi connectivity index (χ4n) is 2.79. The summed E-state index contributed by atoms with van der Waals surface area (Å²) in [7, 11) is 0. The molecule has 140 valence electrons. The van der Waals surface area contributed by atoms with Crippen molar-refractivity contribution in [2.45, 2.75) is 5.75 Å². The number of nitrogens with one attached hydrogen (secondary N) is 1. The standard InChI is InChI=1S/C22H17ClN2OS2/c23-18-9-2-1-6-16(18)13-27-14-21(26)24-17-8-5-7-15(12-17)22-25-19-10-3-4-11-20(19)28-22/h1-12H,13-14H2,(H,24,26). The van der Waals surface area contributed by atoms with Crippen LogP contribution in [-0.2, 0) is 10.5 Å². The number of aromatic nitrogens is 1. The Balaban J connectivity index is 1.39. The Bertz CT molecular complexity index is 1090. The molecular formula is C22H17ClN2OS2. The van der Waals surface area contributed by atoms with Crippen molar-refractivity contribution in [1.29, 1.82) is 0 Å². The van der Waals surface area contributed by atoms with Crippen molar-refractivity contribution < 1.29 is 4.79 Å². The van der Waals surface area contributed by atoms with Crippen LogP contribution in [0, 0.1) is 0 Å². The van der Waals surface area contributed by atoms with E-state index in [1.807, 2.05) is 66.7 Å². The van der Waals surface area contributed by atoms with Gasteiger partial charge in [-0.15, -0.1) is 23.1 Å². The number of nitrogens with zero attached hydrogens (tertiary/aromatic N) is 1. The van der Waals surface area contributed by atoms with E-state index >= 15 is 0 Å². The Morgan fingerprint density at radius 2 is 1.86 bits per heavy atom. The lowest BCUT2D eigenvalue weighted by Crippen LogP contribution is -2.14. The molecule has 0 bridgehead atoms. The number of halogens is 1. The molecule has 0 saturated carbocycles. The molecule has 1 heterocycles. The topological polar surface area (TPSA) is 42.0 Å². The highest BCUT2D eigenvalue weighted by atomic mass is 35.5. The molecule has 3 nitrogen and oxygen atoms in total. The van der Waals surface area contributed by atoms with E-state index in [9.17, 15) is 4.79 Å². The SMILES string of the molecule is O=C(CSCc1ccccc1Cl)Nc1cccc(-c2nc3ccccc3s2)c1. The Morgan fingerprint density at radius 3 is 2.71 bits per heavy atom. The van der Waals surface area contributed by atoms with Gasteiger partial charge in [0.2, 0.25) is 5.91 Å². The largest absolute Gasteiger partial charge is 0.325 e. The lowest BCUT2D eigenvalue weighted by molar-refractivity contribution is -0.113. The van der Waals surface area contributed by atoms with Gasteiger partial charge in [-0.3, -0.25) is 4.79 Å². The predicted molar refractivity (Wildman–Crippen MR) is 121 cm³/mol. The second-order valence-electron chi connectivity index (χ2n) is 6.20. The Kier molecular flexibility index (Phi) is 5.95. The van der Waals surface area contributed by atoms with Crippen molar-refractivity contribution in [3.05, 3.63) is 83.4 Å². The van der Waals surface area contributed by atoms with Gasteiger partial charge in [0.1, 0.15) is 5.01 Å². The minimum Gasteiger partial charge on any atom is -0.325 e. The summed E-state index contributed by atoms with van der Waals surface area (Å²) in [6.45, 7) is 0. The lowest BCUT2D eigenvalue weighted by atomic mass is 10.2. The molecule has 0 aliphatic carbocycles. The van der Waals surface area contributed by atoms with E-state index in [-0.39, 0.29) is 5.91 Å². The highest BCUT2D eigenvalue weighted by molar-refractivity contribution is 7.99. The van der Waals surface area contributed by atoms with Gasteiger partial charge in [-0.1, -0.05) is 54.1 Å².